The lowest BCUT2D eigenvalue weighted by molar-refractivity contribution is -0.727. The van der Waals surface area contributed by atoms with Gasteiger partial charge in [-0.05, 0) is 32.6 Å². The van der Waals surface area contributed by atoms with Gasteiger partial charge in [-0.3, -0.25) is 0 Å². The van der Waals surface area contributed by atoms with Gasteiger partial charge in [0.25, 0.3) is 5.82 Å². The van der Waals surface area contributed by atoms with E-state index in [0.29, 0.717) is 12.0 Å². The van der Waals surface area contributed by atoms with E-state index in [1.54, 1.807) is 0 Å². The highest BCUT2D eigenvalue weighted by Crippen LogP contribution is 2.27. The number of rotatable bonds is 21. The summed E-state index contributed by atoms with van der Waals surface area (Å²) >= 11 is 0. The highest BCUT2D eigenvalue weighted by Gasteiger charge is 2.25. The zero-order valence-corrected chi connectivity index (χ0v) is 21.2. The lowest BCUT2D eigenvalue weighted by atomic mass is 9.93. The fourth-order valence-electron chi connectivity index (χ4n) is 4.84. The summed E-state index contributed by atoms with van der Waals surface area (Å²) in [6, 6.07) is 0.625. The van der Waals surface area contributed by atoms with E-state index < -0.39 is 0 Å². The van der Waals surface area contributed by atoms with Crippen molar-refractivity contribution >= 4 is 0 Å². The maximum absolute atomic E-state index is 3.66. The van der Waals surface area contributed by atoms with E-state index in [2.05, 4.69) is 49.6 Å². The van der Waals surface area contributed by atoms with Crippen LogP contribution in [0.4, 0.5) is 0 Å². The molecule has 2 heteroatoms. The van der Waals surface area contributed by atoms with Crippen molar-refractivity contribution in [2.24, 2.45) is 0 Å². The maximum Gasteiger partial charge on any atom is 0.257 e. The third kappa shape index (κ3) is 12.2. The molecule has 1 aromatic heterocycles. The molecule has 1 N–H and O–H groups in total. The third-order valence-electron chi connectivity index (χ3n) is 6.89. The van der Waals surface area contributed by atoms with Crippen molar-refractivity contribution in [3.8, 4) is 0 Å². The van der Waals surface area contributed by atoms with Gasteiger partial charge in [0.05, 0.1) is 12.0 Å². The summed E-state index contributed by atoms with van der Waals surface area (Å²) in [7, 11) is 0. The van der Waals surface area contributed by atoms with E-state index in [-0.39, 0.29) is 0 Å². The van der Waals surface area contributed by atoms with Gasteiger partial charge in [-0.15, -0.1) is 0 Å². The summed E-state index contributed by atoms with van der Waals surface area (Å²) in [5.41, 5.74) is 0. The molecule has 0 bridgehead atoms. The Balaban J connectivity index is 2.46. The molecule has 1 aromatic rings. The molecular weight excluding hydrogens is 364 g/mol. The molecule has 0 aliphatic carbocycles. The largest absolute Gasteiger partial charge is 0.257 e. The number of aromatic nitrogens is 2. The van der Waals surface area contributed by atoms with Crippen LogP contribution in [0.15, 0.2) is 12.4 Å². The van der Waals surface area contributed by atoms with Crippen molar-refractivity contribution in [1.29, 1.82) is 0 Å². The first-order valence-electron chi connectivity index (χ1n) is 13.8. The first-order chi connectivity index (χ1) is 14.7. The first-order valence-corrected chi connectivity index (χ1v) is 13.8. The second-order valence-corrected chi connectivity index (χ2v) is 9.76. The molecule has 0 aliphatic heterocycles. The average Bonchev–Trinajstić information content (AvgIpc) is 3.24. The van der Waals surface area contributed by atoms with Crippen molar-refractivity contribution in [1.82, 2.24) is 4.98 Å². The Hall–Kier alpha value is -0.790. The molecule has 0 aliphatic rings. The van der Waals surface area contributed by atoms with Crippen LogP contribution in [-0.2, 0) is 0 Å². The molecule has 0 saturated heterocycles. The van der Waals surface area contributed by atoms with Gasteiger partial charge in [-0.25, -0.2) is 9.55 Å². The molecule has 30 heavy (non-hydrogen) atoms. The van der Waals surface area contributed by atoms with Gasteiger partial charge in [-0.1, -0.05) is 117 Å². The number of nitrogens with zero attached hydrogens (tertiary/aromatic N) is 1. The fraction of sp³-hybridized carbons (Fsp3) is 0.893. The smallest absolute Gasteiger partial charge is 0.247 e. The summed E-state index contributed by atoms with van der Waals surface area (Å²) in [5.74, 6) is 2.22. The van der Waals surface area contributed by atoms with Gasteiger partial charge >= 0.3 is 0 Å². The summed E-state index contributed by atoms with van der Waals surface area (Å²) in [6.45, 7) is 9.36. The maximum atomic E-state index is 3.66. The monoisotopic (exact) mass is 419 g/mol. The minimum absolute atomic E-state index is 0.625. The topological polar surface area (TPSA) is 19.7 Å². The van der Waals surface area contributed by atoms with Gasteiger partial charge < -0.3 is 0 Å². The molecule has 176 valence electrons. The first kappa shape index (κ1) is 27.2. The number of H-pyrrole nitrogens is 1. The Morgan fingerprint density at radius 2 is 1.07 bits per heavy atom. The van der Waals surface area contributed by atoms with Gasteiger partial charge in [-0.2, -0.15) is 0 Å². The Morgan fingerprint density at radius 1 is 0.633 bits per heavy atom. The third-order valence-corrected chi connectivity index (χ3v) is 6.89. The minimum atomic E-state index is 0.625. The molecular formula is C28H55N2+. The van der Waals surface area contributed by atoms with Gasteiger partial charge in [0.15, 0.2) is 0 Å². The Kier molecular flexibility index (Phi) is 17.2. The Bertz CT molecular complexity index is 479. The van der Waals surface area contributed by atoms with Crippen molar-refractivity contribution in [3.05, 3.63) is 18.2 Å². The molecule has 0 fully saturated rings. The van der Waals surface area contributed by atoms with E-state index in [0.717, 1.165) is 0 Å². The number of nitrogens with one attached hydrogen (secondary N) is 1. The number of imidazole rings is 1. The van der Waals surface area contributed by atoms with E-state index in [1.807, 2.05) is 0 Å². The van der Waals surface area contributed by atoms with Crippen LogP contribution in [0.2, 0.25) is 0 Å². The highest BCUT2D eigenvalue weighted by molar-refractivity contribution is 4.90. The van der Waals surface area contributed by atoms with Crippen LogP contribution in [0.25, 0.3) is 0 Å². The zero-order chi connectivity index (χ0) is 21.9. The minimum Gasteiger partial charge on any atom is -0.247 e. The van der Waals surface area contributed by atoms with Gasteiger partial charge in [0.2, 0.25) is 0 Å². The number of aromatic amines is 1. The number of hydrogen-bond donors (Lipinski definition) is 1. The van der Waals surface area contributed by atoms with Crippen molar-refractivity contribution in [2.75, 3.05) is 0 Å². The van der Waals surface area contributed by atoms with Crippen LogP contribution in [-0.4, -0.2) is 4.98 Å². The van der Waals surface area contributed by atoms with Crippen LogP contribution >= 0.6 is 0 Å². The Morgan fingerprint density at radius 3 is 1.63 bits per heavy atom. The molecule has 1 heterocycles. The molecule has 0 spiro atoms. The van der Waals surface area contributed by atoms with Crippen LogP contribution in [0.1, 0.15) is 167 Å². The zero-order valence-electron chi connectivity index (χ0n) is 21.2. The van der Waals surface area contributed by atoms with E-state index >= 15 is 0 Å². The normalized spacial score (nSPS) is 13.6. The lowest BCUT2D eigenvalue weighted by Crippen LogP contribution is -2.41. The van der Waals surface area contributed by atoms with E-state index in [9.17, 15) is 0 Å². The highest BCUT2D eigenvalue weighted by atomic mass is 15.1. The fourth-order valence-corrected chi connectivity index (χ4v) is 4.84. The van der Waals surface area contributed by atoms with Crippen LogP contribution < -0.4 is 4.57 Å². The van der Waals surface area contributed by atoms with Crippen LogP contribution in [0.5, 0.6) is 0 Å². The quantitative estimate of drug-likeness (QED) is 0.151. The summed E-state index contributed by atoms with van der Waals surface area (Å²) in [5, 5.41) is 0. The van der Waals surface area contributed by atoms with Gasteiger partial charge in [0, 0.05) is 0 Å². The second kappa shape index (κ2) is 18.9. The molecule has 2 unspecified atom stereocenters. The molecule has 1 rings (SSSR count). The Labute approximate surface area is 189 Å². The van der Waals surface area contributed by atoms with Crippen molar-refractivity contribution in [3.63, 3.8) is 0 Å². The van der Waals surface area contributed by atoms with Crippen LogP contribution in [0.3, 0.4) is 0 Å². The number of unbranched alkanes of at least 4 members (excludes halogenated alkanes) is 13. The van der Waals surface area contributed by atoms with Crippen molar-refractivity contribution < 1.29 is 4.57 Å². The van der Waals surface area contributed by atoms with Crippen LogP contribution in [0, 0.1) is 0 Å². The lowest BCUT2D eigenvalue weighted by Gasteiger charge is -2.17. The van der Waals surface area contributed by atoms with Crippen molar-refractivity contribution in [2.45, 2.75) is 162 Å². The average molecular weight is 420 g/mol. The summed E-state index contributed by atoms with van der Waals surface area (Å²) in [6.07, 6.45) is 30.9. The molecule has 0 saturated carbocycles. The van der Waals surface area contributed by atoms with Gasteiger partial charge in [0.1, 0.15) is 12.4 Å². The number of hydrogen-bond acceptors (Lipinski definition) is 0. The second-order valence-electron chi connectivity index (χ2n) is 9.76. The molecule has 2 nitrogen and oxygen atoms in total. The molecule has 2 atom stereocenters. The molecule has 0 amide bonds. The predicted molar refractivity (Wildman–Crippen MR) is 133 cm³/mol. The predicted octanol–water partition coefficient (Wildman–Crippen LogP) is 9.42. The summed E-state index contributed by atoms with van der Waals surface area (Å²) < 4.78 is 2.59. The van der Waals surface area contributed by atoms with E-state index in [1.165, 1.54) is 128 Å². The molecule has 0 aromatic carbocycles. The standard InChI is InChI=1S/C28H54N2/c1-5-8-11-13-14-15-17-19-21-26(4)30-25-24-29-28(30)27(22-18-10-7-3)23-20-16-12-9-6-2/h24-27H,5-23H2,1-4H3/p+1. The molecule has 0 radical (unpaired) electrons. The van der Waals surface area contributed by atoms with E-state index in [4.69, 9.17) is 0 Å². The SMILES string of the molecule is CCCCCCCCCCC(C)[n+]1cc[nH]c1C(CCCCC)CCCCCCC. The summed E-state index contributed by atoms with van der Waals surface area (Å²) in [4.78, 5) is 3.66.